The van der Waals surface area contributed by atoms with E-state index in [9.17, 15) is 0 Å². The number of nitrogens with one attached hydrogen (secondary N) is 1. The number of benzene rings is 1. The zero-order chi connectivity index (χ0) is 13.8. The fourth-order valence-electron chi connectivity index (χ4n) is 1.92. The van der Waals surface area contributed by atoms with E-state index >= 15 is 0 Å². The molecule has 1 heterocycles. The van der Waals surface area contributed by atoms with Crippen LogP contribution < -0.4 is 5.32 Å². The average Bonchev–Trinajstić information content (AvgIpc) is 2.39. The molecule has 1 atom stereocenters. The Balaban J connectivity index is 2.22. The second kappa shape index (κ2) is 6.71. The van der Waals surface area contributed by atoms with Crippen LogP contribution in [0.5, 0.6) is 0 Å². The van der Waals surface area contributed by atoms with Crippen LogP contribution in [-0.2, 0) is 6.42 Å². The molecule has 0 aliphatic carbocycles. The van der Waals surface area contributed by atoms with Gasteiger partial charge in [0.15, 0.2) is 0 Å². The Morgan fingerprint density at radius 2 is 2.00 bits per heavy atom. The first-order valence-corrected chi connectivity index (χ1v) is 7.36. The van der Waals surface area contributed by atoms with E-state index in [1.165, 1.54) is 0 Å². The molecule has 2 rings (SSSR count). The molecule has 0 spiro atoms. The van der Waals surface area contributed by atoms with E-state index in [4.69, 9.17) is 23.2 Å². The van der Waals surface area contributed by atoms with Gasteiger partial charge in [0.05, 0.1) is 10.0 Å². The number of aromatic nitrogens is 1. The number of pyridine rings is 1. The zero-order valence-corrected chi connectivity index (χ0v) is 13.4. The average molecular weight is 360 g/mol. The van der Waals surface area contributed by atoms with Gasteiger partial charge in [-0.3, -0.25) is 4.98 Å². The van der Waals surface area contributed by atoms with Gasteiger partial charge in [0.1, 0.15) is 0 Å². The molecular weight excluding hydrogens is 347 g/mol. The smallest absolute Gasteiger partial charge is 0.0595 e. The number of rotatable bonds is 4. The lowest BCUT2D eigenvalue weighted by atomic mass is 10.00. The Bertz CT molecular complexity index is 575. The summed E-state index contributed by atoms with van der Waals surface area (Å²) >= 11 is 15.4. The minimum Gasteiger partial charge on any atom is -0.313 e. The van der Waals surface area contributed by atoms with Gasteiger partial charge in [-0.05, 0) is 58.7 Å². The summed E-state index contributed by atoms with van der Waals surface area (Å²) in [6.45, 7) is 0. The first-order valence-electron chi connectivity index (χ1n) is 5.82. The summed E-state index contributed by atoms with van der Waals surface area (Å²) in [7, 11) is 1.93. The molecule has 100 valence electrons. The summed E-state index contributed by atoms with van der Waals surface area (Å²) in [5, 5.41) is 4.44. The van der Waals surface area contributed by atoms with Crippen LogP contribution in [0.15, 0.2) is 41.1 Å². The van der Waals surface area contributed by atoms with Crippen molar-refractivity contribution in [3.8, 4) is 0 Å². The molecule has 0 aliphatic rings. The predicted octanol–water partition coefficient (Wildman–Crippen LogP) is 4.65. The van der Waals surface area contributed by atoms with Crippen LogP contribution in [0.1, 0.15) is 17.2 Å². The maximum absolute atomic E-state index is 6.06. The van der Waals surface area contributed by atoms with Crippen molar-refractivity contribution in [2.75, 3.05) is 7.05 Å². The SMILES string of the molecule is CNC(Cc1cncc(Br)c1)c1ccc(Cl)c(Cl)c1. The van der Waals surface area contributed by atoms with E-state index in [0.717, 1.165) is 22.0 Å². The van der Waals surface area contributed by atoms with E-state index in [-0.39, 0.29) is 6.04 Å². The maximum atomic E-state index is 6.06. The molecule has 0 saturated carbocycles. The third-order valence-electron chi connectivity index (χ3n) is 2.90. The molecule has 0 saturated heterocycles. The van der Waals surface area contributed by atoms with Gasteiger partial charge in [-0.25, -0.2) is 0 Å². The standard InChI is InChI=1S/C14H13BrCl2N2/c1-18-14(5-9-4-11(15)8-19-7-9)10-2-3-12(16)13(17)6-10/h2-4,6-8,14,18H,5H2,1H3. The van der Waals surface area contributed by atoms with E-state index < -0.39 is 0 Å². The fourth-order valence-corrected chi connectivity index (χ4v) is 2.64. The Morgan fingerprint density at radius 3 is 2.63 bits per heavy atom. The van der Waals surface area contributed by atoms with Crippen LogP contribution in [0.2, 0.25) is 10.0 Å². The Labute approximate surface area is 131 Å². The van der Waals surface area contributed by atoms with E-state index in [1.807, 2.05) is 31.4 Å². The van der Waals surface area contributed by atoms with Gasteiger partial charge in [0.25, 0.3) is 0 Å². The Kier molecular flexibility index (Phi) is 5.22. The molecule has 1 unspecified atom stereocenters. The highest BCUT2D eigenvalue weighted by Crippen LogP contribution is 2.27. The predicted molar refractivity (Wildman–Crippen MR) is 83.9 cm³/mol. The number of nitrogens with zero attached hydrogens (tertiary/aromatic N) is 1. The van der Waals surface area contributed by atoms with Gasteiger partial charge in [-0.2, -0.15) is 0 Å². The second-order valence-corrected chi connectivity index (χ2v) is 5.96. The molecule has 19 heavy (non-hydrogen) atoms. The lowest BCUT2D eigenvalue weighted by Crippen LogP contribution is -2.18. The number of likely N-dealkylation sites (N-methyl/N-ethyl adjacent to an activating group) is 1. The second-order valence-electron chi connectivity index (χ2n) is 4.23. The van der Waals surface area contributed by atoms with Crippen molar-refractivity contribution in [2.45, 2.75) is 12.5 Å². The third kappa shape index (κ3) is 3.93. The molecule has 1 aromatic heterocycles. The fraction of sp³-hybridized carbons (Fsp3) is 0.214. The van der Waals surface area contributed by atoms with Gasteiger partial charge in [0.2, 0.25) is 0 Å². The molecule has 2 aromatic rings. The van der Waals surface area contributed by atoms with Crippen molar-refractivity contribution in [2.24, 2.45) is 0 Å². The molecule has 0 amide bonds. The van der Waals surface area contributed by atoms with Crippen molar-refractivity contribution in [1.29, 1.82) is 0 Å². The minimum atomic E-state index is 0.172. The molecule has 0 aliphatic heterocycles. The van der Waals surface area contributed by atoms with Crippen molar-refractivity contribution in [3.05, 3.63) is 62.3 Å². The molecule has 0 fully saturated rings. The molecule has 0 radical (unpaired) electrons. The molecule has 1 N–H and O–H groups in total. The lowest BCUT2D eigenvalue weighted by molar-refractivity contribution is 0.591. The summed E-state index contributed by atoms with van der Waals surface area (Å²) < 4.78 is 0.981. The van der Waals surface area contributed by atoms with Crippen molar-refractivity contribution in [3.63, 3.8) is 0 Å². The summed E-state index contributed by atoms with van der Waals surface area (Å²) in [6, 6.07) is 7.94. The van der Waals surface area contributed by atoms with Crippen molar-refractivity contribution in [1.82, 2.24) is 10.3 Å². The number of halogens is 3. The van der Waals surface area contributed by atoms with Gasteiger partial charge >= 0.3 is 0 Å². The topological polar surface area (TPSA) is 24.9 Å². The molecular formula is C14H13BrCl2N2. The van der Waals surface area contributed by atoms with E-state index in [0.29, 0.717) is 10.0 Å². The van der Waals surface area contributed by atoms with Crippen molar-refractivity contribution >= 4 is 39.1 Å². The minimum absolute atomic E-state index is 0.172. The Morgan fingerprint density at radius 1 is 1.21 bits per heavy atom. The molecule has 2 nitrogen and oxygen atoms in total. The monoisotopic (exact) mass is 358 g/mol. The highest BCUT2D eigenvalue weighted by atomic mass is 79.9. The van der Waals surface area contributed by atoms with E-state index in [1.54, 1.807) is 6.20 Å². The first-order chi connectivity index (χ1) is 9.10. The highest BCUT2D eigenvalue weighted by molar-refractivity contribution is 9.10. The highest BCUT2D eigenvalue weighted by Gasteiger charge is 2.12. The van der Waals surface area contributed by atoms with E-state index in [2.05, 4.69) is 32.3 Å². The molecule has 1 aromatic carbocycles. The summed E-state index contributed by atoms with van der Waals surface area (Å²) in [4.78, 5) is 4.18. The third-order valence-corrected chi connectivity index (χ3v) is 4.07. The van der Waals surface area contributed by atoms with Crippen LogP contribution in [0.3, 0.4) is 0 Å². The molecule has 0 bridgehead atoms. The van der Waals surface area contributed by atoms with Gasteiger partial charge in [-0.1, -0.05) is 29.3 Å². The number of hydrogen-bond acceptors (Lipinski definition) is 2. The van der Waals surface area contributed by atoms with Crippen LogP contribution in [0.25, 0.3) is 0 Å². The molecule has 5 heteroatoms. The summed E-state index contributed by atoms with van der Waals surface area (Å²) in [5.74, 6) is 0. The maximum Gasteiger partial charge on any atom is 0.0595 e. The van der Waals surface area contributed by atoms with Crippen LogP contribution in [0.4, 0.5) is 0 Å². The van der Waals surface area contributed by atoms with Crippen LogP contribution >= 0.6 is 39.1 Å². The van der Waals surface area contributed by atoms with Crippen molar-refractivity contribution < 1.29 is 0 Å². The normalized spacial score (nSPS) is 12.4. The summed E-state index contributed by atoms with van der Waals surface area (Å²) in [5.41, 5.74) is 2.26. The number of hydrogen-bond donors (Lipinski definition) is 1. The first kappa shape index (κ1) is 14.8. The summed E-state index contributed by atoms with van der Waals surface area (Å²) in [6.07, 6.45) is 4.48. The quantitative estimate of drug-likeness (QED) is 0.859. The zero-order valence-electron chi connectivity index (χ0n) is 10.3. The van der Waals surface area contributed by atoms with Crippen LogP contribution in [-0.4, -0.2) is 12.0 Å². The lowest BCUT2D eigenvalue weighted by Gasteiger charge is -2.17. The van der Waals surface area contributed by atoms with Gasteiger partial charge < -0.3 is 5.32 Å². The van der Waals surface area contributed by atoms with Gasteiger partial charge in [-0.15, -0.1) is 0 Å². The van der Waals surface area contributed by atoms with Gasteiger partial charge in [0, 0.05) is 22.9 Å². The van der Waals surface area contributed by atoms with Crippen LogP contribution in [0, 0.1) is 0 Å². The Hall–Kier alpha value is -0.610. The largest absolute Gasteiger partial charge is 0.313 e.